The second-order valence-corrected chi connectivity index (χ2v) is 8.64. The van der Waals surface area contributed by atoms with Crippen LogP contribution < -0.4 is 4.90 Å². The minimum atomic E-state index is -4.41. The number of anilines is 1. The van der Waals surface area contributed by atoms with E-state index in [0.717, 1.165) is 43.8 Å². The minimum Gasteiger partial charge on any atom is -0.380 e. The van der Waals surface area contributed by atoms with E-state index in [4.69, 9.17) is 0 Å². The Bertz CT molecular complexity index is 872. The molecular formula is C22H26F3N3O. The normalized spacial score (nSPS) is 21.7. The number of rotatable bonds is 4. The number of likely N-dealkylation sites (tertiary alicyclic amines) is 1. The lowest BCUT2D eigenvalue weighted by molar-refractivity contribution is -0.138. The van der Waals surface area contributed by atoms with Gasteiger partial charge in [0.25, 0.3) is 0 Å². The van der Waals surface area contributed by atoms with Crippen LogP contribution in [-0.2, 0) is 11.8 Å². The molecule has 3 heterocycles. The standard InChI is InChI=1S/C22H26F3N3O/c1-20(14-27(2)15-20)21(29,16-5-7-17(8-6-16)22(23,24)25)18-11-19(13-26-12-18)28-9-3-4-10-28/h5-8,11-13,29H,3-4,9-10,14-15H2,1-2H3/t21-/m0/s1. The third-order valence-electron chi connectivity index (χ3n) is 6.35. The van der Waals surface area contributed by atoms with Gasteiger partial charge in [-0.05, 0) is 43.7 Å². The monoisotopic (exact) mass is 405 g/mol. The lowest BCUT2D eigenvalue weighted by Gasteiger charge is -2.56. The molecule has 0 bridgehead atoms. The molecular weight excluding hydrogens is 379 g/mol. The van der Waals surface area contributed by atoms with E-state index in [1.807, 2.05) is 20.0 Å². The van der Waals surface area contributed by atoms with Crippen LogP contribution in [0.5, 0.6) is 0 Å². The molecule has 0 aliphatic carbocycles. The van der Waals surface area contributed by atoms with Crippen LogP contribution in [0.4, 0.5) is 18.9 Å². The number of benzene rings is 1. The zero-order valence-electron chi connectivity index (χ0n) is 16.7. The molecule has 29 heavy (non-hydrogen) atoms. The summed E-state index contributed by atoms with van der Waals surface area (Å²) in [4.78, 5) is 8.70. The maximum Gasteiger partial charge on any atom is 0.416 e. The van der Waals surface area contributed by atoms with Crippen molar-refractivity contribution in [2.24, 2.45) is 5.41 Å². The summed E-state index contributed by atoms with van der Waals surface area (Å²) in [7, 11) is 1.97. The Labute approximate surface area is 169 Å². The third-order valence-corrected chi connectivity index (χ3v) is 6.35. The van der Waals surface area contributed by atoms with E-state index in [0.29, 0.717) is 24.2 Å². The molecule has 0 spiro atoms. The van der Waals surface area contributed by atoms with Crippen LogP contribution in [0, 0.1) is 5.41 Å². The highest BCUT2D eigenvalue weighted by atomic mass is 19.4. The van der Waals surface area contributed by atoms with Gasteiger partial charge in [0, 0.05) is 43.4 Å². The van der Waals surface area contributed by atoms with Crippen LogP contribution in [0.3, 0.4) is 0 Å². The van der Waals surface area contributed by atoms with Crippen molar-refractivity contribution in [2.75, 3.05) is 38.1 Å². The van der Waals surface area contributed by atoms with Crippen LogP contribution in [-0.4, -0.2) is 48.2 Å². The molecule has 2 saturated heterocycles. The van der Waals surface area contributed by atoms with Crippen LogP contribution in [0.1, 0.15) is 36.5 Å². The SMILES string of the molecule is CN1CC(C)([C@](O)(c2ccc(C(F)(F)F)cc2)c2cncc(N3CCCC3)c2)C1. The highest BCUT2D eigenvalue weighted by molar-refractivity contribution is 5.51. The molecule has 4 rings (SSSR count). The van der Waals surface area contributed by atoms with Gasteiger partial charge in [0.2, 0.25) is 0 Å². The highest BCUT2D eigenvalue weighted by Crippen LogP contribution is 2.50. The fourth-order valence-electron chi connectivity index (χ4n) is 4.91. The van der Waals surface area contributed by atoms with E-state index >= 15 is 0 Å². The number of pyridine rings is 1. The fourth-order valence-corrected chi connectivity index (χ4v) is 4.91. The summed E-state index contributed by atoms with van der Waals surface area (Å²) in [5, 5.41) is 12.0. The smallest absolute Gasteiger partial charge is 0.380 e. The second-order valence-electron chi connectivity index (χ2n) is 8.64. The van der Waals surface area contributed by atoms with Crippen molar-refractivity contribution in [2.45, 2.75) is 31.5 Å². The molecule has 4 nitrogen and oxygen atoms in total. The predicted molar refractivity (Wildman–Crippen MR) is 106 cm³/mol. The average Bonchev–Trinajstić information content (AvgIpc) is 3.20. The molecule has 1 aromatic heterocycles. The summed E-state index contributed by atoms with van der Waals surface area (Å²) in [6.07, 6.45) is 1.26. The number of hydrogen-bond acceptors (Lipinski definition) is 4. The van der Waals surface area contributed by atoms with E-state index < -0.39 is 22.8 Å². The summed E-state index contributed by atoms with van der Waals surface area (Å²) in [5.74, 6) is 0. The number of nitrogens with zero attached hydrogens (tertiary/aromatic N) is 3. The maximum atomic E-state index is 13.0. The van der Waals surface area contributed by atoms with E-state index in [9.17, 15) is 18.3 Å². The zero-order chi connectivity index (χ0) is 20.9. The molecule has 2 aliphatic rings. The van der Waals surface area contributed by atoms with Gasteiger partial charge >= 0.3 is 6.18 Å². The van der Waals surface area contributed by atoms with Crippen molar-refractivity contribution < 1.29 is 18.3 Å². The second kappa shape index (κ2) is 6.99. The van der Waals surface area contributed by atoms with E-state index in [1.165, 1.54) is 12.1 Å². The lowest BCUT2D eigenvalue weighted by Crippen LogP contribution is -2.63. The van der Waals surface area contributed by atoms with Crippen molar-refractivity contribution in [1.29, 1.82) is 0 Å². The first-order valence-electron chi connectivity index (χ1n) is 9.93. The first-order chi connectivity index (χ1) is 13.6. The Hall–Kier alpha value is -2.12. The van der Waals surface area contributed by atoms with Gasteiger partial charge in [0.15, 0.2) is 0 Å². The van der Waals surface area contributed by atoms with Gasteiger partial charge in [-0.25, -0.2) is 0 Å². The number of aliphatic hydroxyl groups is 1. The first kappa shape index (κ1) is 20.2. The van der Waals surface area contributed by atoms with Crippen LogP contribution >= 0.6 is 0 Å². The summed E-state index contributed by atoms with van der Waals surface area (Å²) in [6.45, 7) is 5.15. The van der Waals surface area contributed by atoms with Crippen molar-refractivity contribution in [1.82, 2.24) is 9.88 Å². The molecule has 1 aromatic carbocycles. The van der Waals surface area contributed by atoms with E-state index in [-0.39, 0.29) is 0 Å². The van der Waals surface area contributed by atoms with Gasteiger partial charge in [0.1, 0.15) is 5.60 Å². The number of aromatic nitrogens is 1. The van der Waals surface area contributed by atoms with Crippen molar-refractivity contribution in [3.8, 4) is 0 Å². The van der Waals surface area contributed by atoms with Gasteiger partial charge in [-0.1, -0.05) is 19.1 Å². The van der Waals surface area contributed by atoms with Gasteiger partial charge in [-0.2, -0.15) is 13.2 Å². The molecule has 2 fully saturated rings. The van der Waals surface area contributed by atoms with Crippen molar-refractivity contribution in [3.05, 3.63) is 59.4 Å². The van der Waals surface area contributed by atoms with E-state index in [1.54, 1.807) is 12.4 Å². The molecule has 0 unspecified atom stereocenters. The molecule has 2 aliphatic heterocycles. The van der Waals surface area contributed by atoms with Crippen LogP contribution in [0.2, 0.25) is 0 Å². The van der Waals surface area contributed by atoms with Crippen LogP contribution in [0.25, 0.3) is 0 Å². The molecule has 156 valence electrons. The van der Waals surface area contributed by atoms with Crippen LogP contribution in [0.15, 0.2) is 42.7 Å². The molecule has 1 N–H and O–H groups in total. The third kappa shape index (κ3) is 3.40. The number of hydrogen-bond donors (Lipinski definition) is 1. The summed E-state index contributed by atoms with van der Waals surface area (Å²) in [5.41, 5.74) is -0.664. The average molecular weight is 405 g/mol. The Morgan fingerprint density at radius 3 is 2.10 bits per heavy atom. The van der Waals surface area contributed by atoms with Gasteiger partial charge in [-0.3, -0.25) is 4.98 Å². The topological polar surface area (TPSA) is 39.6 Å². The first-order valence-corrected chi connectivity index (χ1v) is 9.93. The Balaban J connectivity index is 1.79. The van der Waals surface area contributed by atoms with E-state index in [2.05, 4.69) is 14.8 Å². The molecule has 7 heteroatoms. The zero-order valence-corrected chi connectivity index (χ0v) is 16.7. The largest absolute Gasteiger partial charge is 0.416 e. The highest BCUT2D eigenvalue weighted by Gasteiger charge is 2.55. The summed E-state index contributed by atoms with van der Waals surface area (Å²) >= 11 is 0. The van der Waals surface area contributed by atoms with Crippen molar-refractivity contribution >= 4 is 5.69 Å². The van der Waals surface area contributed by atoms with Gasteiger partial charge < -0.3 is 14.9 Å². The molecule has 0 saturated carbocycles. The molecule has 1 atom stereocenters. The quantitative estimate of drug-likeness (QED) is 0.838. The van der Waals surface area contributed by atoms with Gasteiger partial charge in [-0.15, -0.1) is 0 Å². The molecule has 2 aromatic rings. The molecule has 0 radical (unpaired) electrons. The lowest BCUT2D eigenvalue weighted by atomic mass is 9.62. The fraction of sp³-hybridized carbons (Fsp3) is 0.500. The Morgan fingerprint density at radius 2 is 1.55 bits per heavy atom. The predicted octanol–water partition coefficient (Wildman–Crippen LogP) is 3.89. The van der Waals surface area contributed by atoms with Crippen molar-refractivity contribution in [3.63, 3.8) is 0 Å². The Kier molecular flexibility index (Phi) is 4.86. The Morgan fingerprint density at radius 1 is 0.966 bits per heavy atom. The summed E-state index contributed by atoms with van der Waals surface area (Å²) in [6, 6.07) is 6.83. The van der Waals surface area contributed by atoms with Gasteiger partial charge in [0.05, 0.1) is 17.4 Å². The number of halogens is 3. The minimum absolute atomic E-state index is 0.460. The molecule has 0 amide bonds. The maximum absolute atomic E-state index is 13.0. The summed E-state index contributed by atoms with van der Waals surface area (Å²) < 4.78 is 39.1. The number of alkyl halides is 3.